The van der Waals surface area contributed by atoms with Crippen LogP contribution in [0, 0.1) is 13.8 Å². The van der Waals surface area contributed by atoms with Crippen LogP contribution in [-0.2, 0) is 14.3 Å². The van der Waals surface area contributed by atoms with E-state index in [-0.39, 0.29) is 18.8 Å². The molecule has 0 heterocycles. The molecule has 0 bridgehead atoms. The van der Waals surface area contributed by atoms with Crippen LogP contribution in [0.2, 0.25) is 0 Å². The second-order valence-electron chi connectivity index (χ2n) is 6.21. The number of carbonyl (C=O) groups excluding carboxylic acids is 2. The van der Waals surface area contributed by atoms with Crippen LogP contribution in [-0.4, -0.2) is 18.5 Å². The van der Waals surface area contributed by atoms with Gasteiger partial charge in [0, 0.05) is 0 Å². The lowest BCUT2D eigenvalue weighted by atomic mass is 10.1. The van der Waals surface area contributed by atoms with Crippen molar-refractivity contribution >= 4 is 11.9 Å². The van der Waals surface area contributed by atoms with Crippen molar-refractivity contribution in [2.24, 2.45) is 0 Å². The van der Waals surface area contributed by atoms with E-state index in [9.17, 15) is 9.59 Å². The monoisotopic (exact) mass is 334 g/mol. The van der Waals surface area contributed by atoms with Crippen molar-refractivity contribution in [1.82, 2.24) is 0 Å². The molecular formula is C20H30O4. The van der Waals surface area contributed by atoms with E-state index in [0.29, 0.717) is 12.4 Å². The molecular weight excluding hydrogens is 304 g/mol. The van der Waals surface area contributed by atoms with Gasteiger partial charge in [0.1, 0.15) is 5.75 Å². The van der Waals surface area contributed by atoms with Crippen LogP contribution >= 0.6 is 0 Å². The Morgan fingerprint density at radius 1 is 0.875 bits per heavy atom. The van der Waals surface area contributed by atoms with Crippen LogP contribution < -0.4 is 4.74 Å². The molecule has 1 aromatic carbocycles. The third kappa shape index (κ3) is 8.70. The minimum Gasteiger partial charge on any atom is -0.466 e. The fraction of sp³-hybridized carbons (Fsp3) is 0.600. The number of carbonyl (C=O) groups is 2. The smallest absolute Gasteiger partial charge is 0.311 e. The van der Waals surface area contributed by atoms with Crippen molar-refractivity contribution in [2.75, 3.05) is 6.61 Å². The first-order valence-corrected chi connectivity index (χ1v) is 8.96. The Bertz CT molecular complexity index is 522. The van der Waals surface area contributed by atoms with Crippen LogP contribution in [0.3, 0.4) is 0 Å². The molecule has 0 unspecified atom stereocenters. The van der Waals surface area contributed by atoms with Gasteiger partial charge < -0.3 is 9.47 Å². The zero-order valence-corrected chi connectivity index (χ0v) is 15.2. The Morgan fingerprint density at radius 3 is 2.25 bits per heavy atom. The van der Waals surface area contributed by atoms with Gasteiger partial charge in [0.2, 0.25) is 0 Å². The number of ether oxygens (including phenoxy) is 2. The Hall–Kier alpha value is -1.84. The van der Waals surface area contributed by atoms with E-state index < -0.39 is 5.97 Å². The Balaban J connectivity index is 2.13. The highest BCUT2D eigenvalue weighted by molar-refractivity contribution is 5.79. The van der Waals surface area contributed by atoms with Crippen LogP contribution in [0.15, 0.2) is 18.2 Å². The van der Waals surface area contributed by atoms with E-state index in [1.807, 2.05) is 26.0 Å². The number of benzene rings is 1. The van der Waals surface area contributed by atoms with E-state index in [4.69, 9.17) is 9.47 Å². The second-order valence-corrected chi connectivity index (χ2v) is 6.21. The molecule has 1 aromatic rings. The van der Waals surface area contributed by atoms with Gasteiger partial charge in [-0.1, -0.05) is 45.1 Å². The molecule has 0 N–H and O–H groups in total. The van der Waals surface area contributed by atoms with Gasteiger partial charge in [-0.15, -0.1) is 0 Å². The summed E-state index contributed by atoms with van der Waals surface area (Å²) in [6.07, 6.45) is 7.02. The van der Waals surface area contributed by atoms with Gasteiger partial charge in [0.25, 0.3) is 0 Å². The lowest BCUT2D eigenvalue weighted by molar-refractivity contribution is -0.147. The van der Waals surface area contributed by atoms with Gasteiger partial charge in [-0.05, 0) is 43.5 Å². The van der Waals surface area contributed by atoms with Crippen LogP contribution in [0.1, 0.15) is 69.4 Å². The molecule has 0 aliphatic carbocycles. The summed E-state index contributed by atoms with van der Waals surface area (Å²) >= 11 is 0. The molecule has 24 heavy (non-hydrogen) atoms. The summed E-state index contributed by atoms with van der Waals surface area (Å²) < 4.78 is 10.4. The van der Waals surface area contributed by atoms with E-state index in [1.165, 1.54) is 25.7 Å². The summed E-state index contributed by atoms with van der Waals surface area (Å²) in [5.41, 5.74) is 2.21. The highest BCUT2D eigenvalue weighted by Crippen LogP contribution is 2.17. The van der Waals surface area contributed by atoms with E-state index in [1.54, 1.807) is 6.07 Å². The van der Waals surface area contributed by atoms with Gasteiger partial charge in [0.15, 0.2) is 0 Å². The standard InChI is InChI=1S/C20H30O4/c1-4-5-6-7-8-9-14-23-19(21)12-13-20(22)24-18-11-10-16(2)17(3)15-18/h10-11,15H,4-9,12-14H2,1-3H3. The predicted octanol–water partition coefficient (Wildman–Crippen LogP) is 4.89. The summed E-state index contributed by atoms with van der Waals surface area (Å²) in [5, 5.41) is 0. The van der Waals surface area contributed by atoms with Crippen molar-refractivity contribution in [3.63, 3.8) is 0 Å². The molecule has 0 fully saturated rings. The van der Waals surface area contributed by atoms with Crippen LogP contribution in [0.4, 0.5) is 0 Å². The molecule has 0 saturated carbocycles. The number of hydrogen-bond donors (Lipinski definition) is 0. The van der Waals surface area contributed by atoms with Gasteiger partial charge >= 0.3 is 11.9 Å². The summed E-state index contributed by atoms with van der Waals surface area (Å²) in [6.45, 7) is 6.59. The molecule has 0 spiro atoms. The molecule has 0 aliphatic heterocycles. The first-order chi connectivity index (χ1) is 11.5. The number of esters is 2. The molecule has 0 amide bonds. The minimum absolute atomic E-state index is 0.0439. The summed E-state index contributed by atoms with van der Waals surface area (Å²) in [6, 6.07) is 5.49. The number of rotatable bonds is 11. The number of aryl methyl sites for hydroxylation is 2. The second kappa shape index (κ2) is 11.7. The van der Waals surface area contributed by atoms with Crippen molar-refractivity contribution in [2.45, 2.75) is 72.1 Å². The SMILES string of the molecule is CCCCCCCCOC(=O)CCC(=O)Oc1ccc(C)c(C)c1. The van der Waals surface area contributed by atoms with E-state index in [0.717, 1.165) is 24.0 Å². The highest BCUT2D eigenvalue weighted by Gasteiger charge is 2.10. The first kappa shape index (κ1) is 20.2. The zero-order valence-electron chi connectivity index (χ0n) is 15.2. The molecule has 0 saturated heterocycles. The largest absolute Gasteiger partial charge is 0.466 e. The van der Waals surface area contributed by atoms with Crippen molar-refractivity contribution in [3.05, 3.63) is 29.3 Å². The topological polar surface area (TPSA) is 52.6 Å². The van der Waals surface area contributed by atoms with Crippen molar-refractivity contribution in [3.8, 4) is 5.75 Å². The average Bonchev–Trinajstić information content (AvgIpc) is 2.55. The number of hydrogen-bond acceptors (Lipinski definition) is 4. The molecule has 1 rings (SSSR count). The Kier molecular flexibility index (Phi) is 9.81. The molecule has 4 heteroatoms. The van der Waals surface area contributed by atoms with E-state index >= 15 is 0 Å². The maximum Gasteiger partial charge on any atom is 0.311 e. The summed E-state index contributed by atoms with van der Waals surface area (Å²) in [4.78, 5) is 23.4. The molecule has 0 radical (unpaired) electrons. The Labute approximate surface area is 145 Å². The van der Waals surface area contributed by atoms with Crippen LogP contribution in [0.5, 0.6) is 5.75 Å². The number of unbranched alkanes of at least 4 members (excludes halogenated alkanes) is 5. The van der Waals surface area contributed by atoms with Crippen molar-refractivity contribution in [1.29, 1.82) is 0 Å². The molecule has 134 valence electrons. The molecule has 4 nitrogen and oxygen atoms in total. The molecule has 0 atom stereocenters. The normalized spacial score (nSPS) is 10.5. The lowest BCUT2D eigenvalue weighted by Crippen LogP contribution is -2.13. The average molecular weight is 334 g/mol. The lowest BCUT2D eigenvalue weighted by Gasteiger charge is -2.07. The van der Waals surface area contributed by atoms with Crippen LogP contribution in [0.25, 0.3) is 0 Å². The van der Waals surface area contributed by atoms with Gasteiger partial charge in [-0.25, -0.2) is 0 Å². The molecule has 0 aromatic heterocycles. The summed E-state index contributed by atoms with van der Waals surface area (Å²) in [7, 11) is 0. The fourth-order valence-electron chi connectivity index (χ4n) is 2.30. The Morgan fingerprint density at radius 2 is 1.54 bits per heavy atom. The van der Waals surface area contributed by atoms with Crippen molar-refractivity contribution < 1.29 is 19.1 Å². The van der Waals surface area contributed by atoms with Gasteiger partial charge in [0.05, 0.1) is 19.4 Å². The van der Waals surface area contributed by atoms with Gasteiger partial charge in [-0.2, -0.15) is 0 Å². The fourth-order valence-corrected chi connectivity index (χ4v) is 2.30. The highest BCUT2D eigenvalue weighted by atomic mass is 16.5. The maximum absolute atomic E-state index is 11.8. The van der Waals surface area contributed by atoms with Gasteiger partial charge in [-0.3, -0.25) is 9.59 Å². The zero-order chi connectivity index (χ0) is 17.8. The molecule has 0 aliphatic rings. The summed E-state index contributed by atoms with van der Waals surface area (Å²) in [5.74, 6) is -0.223. The third-order valence-electron chi connectivity index (χ3n) is 4.00. The third-order valence-corrected chi connectivity index (χ3v) is 4.00. The van der Waals surface area contributed by atoms with E-state index in [2.05, 4.69) is 6.92 Å². The quantitative estimate of drug-likeness (QED) is 0.328. The minimum atomic E-state index is -0.408. The first-order valence-electron chi connectivity index (χ1n) is 8.96. The predicted molar refractivity (Wildman–Crippen MR) is 95.1 cm³/mol. The maximum atomic E-state index is 11.8.